The summed E-state index contributed by atoms with van der Waals surface area (Å²) in [5, 5.41) is 0. The number of rotatable bonds is 3. The minimum Gasteiger partial charge on any atom is -0.0651 e. The molecule has 0 heteroatoms. The molecule has 0 atom stereocenters. The van der Waals surface area contributed by atoms with E-state index in [0.717, 1.165) is 0 Å². The van der Waals surface area contributed by atoms with Crippen LogP contribution in [0.2, 0.25) is 0 Å². The van der Waals surface area contributed by atoms with E-state index in [1.807, 2.05) is 0 Å². The first-order valence-corrected chi connectivity index (χ1v) is 5.95. The van der Waals surface area contributed by atoms with Crippen LogP contribution >= 0.6 is 0 Å². The summed E-state index contributed by atoms with van der Waals surface area (Å²) in [5.74, 6) is 0. The Morgan fingerprint density at radius 3 is 2.31 bits per heavy atom. The van der Waals surface area contributed by atoms with E-state index in [9.17, 15) is 0 Å². The molecule has 2 rings (SSSR count). The van der Waals surface area contributed by atoms with Gasteiger partial charge in [-0.15, -0.1) is 0 Å². The molecule has 2 aromatic rings. The Morgan fingerprint density at radius 2 is 1.62 bits per heavy atom. The van der Waals surface area contributed by atoms with Crippen molar-refractivity contribution in [3.8, 4) is 11.1 Å². The molecular weight excluding hydrogens is 192 g/mol. The van der Waals surface area contributed by atoms with Gasteiger partial charge >= 0.3 is 0 Å². The zero-order valence-electron chi connectivity index (χ0n) is 10.0. The van der Waals surface area contributed by atoms with E-state index in [2.05, 4.69) is 62.4 Å². The van der Waals surface area contributed by atoms with Crippen molar-refractivity contribution < 1.29 is 0 Å². The molecule has 0 heterocycles. The van der Waals surface area contributed by atoms with E-state index >= 15 is 0 Å². The fourth-order valence-corrected chi connectivity index (χ4v) is 1.94. The lowest BCUT2D eigenvalue weighted by molar-refractivity contribution is 0.922. The van der Waals surface area contributed by atoms with Gasteiger partial charge in [-0.2, -0.15) is 0 Å². The van der Waals surface area contributed by atoms with Crippen LogP contribution in [0.25, 0.3) is 11.1 Å². The van der Waals surface area contributed by atoms with Gasteiger partial charge in [0.05, 0.1) is 0 Å². The third-order valence-corrected chi connectivity index (χ3v) is 2.85. The maximum Gasteiger partial charge on any atom is -0.0181 e. The van der Waals surface area contributed by atoms with Crippen LogP contribution in [0.3, 0.4) is 0 Å². The second-order valence-corrected chi connectivity index (χ2v) is 4.32. The van der Waals surface area contributed by atoms with E-state index in [0.29, 0.717) is 0 Å². The van der Waals surface area contributed by atoms with E-state index in [1.165, 1.54) is 35.1 Å². The summed E-state index contributed by atoms with van der Waals surface area (Å²) in [6.45, 7) is 4.34. The first-order chi connectivity index (χ1) is 7.79. The standard InChI is InChI=1S/C16H18/c1-3-5-14-6-4-7-16(12-14)15-10-8-13(2)9-11-15/h4,6-12H,3,5H2,1-2H3. The monoisotopic (exact) mass is 210 g/mol. The van der Waals surface area contributed by atoms with Gasteiger partial charge in [-0.1, -0.05) is 67.4 Å². The van der Waals surface area contributed by atoms with Crippen molar-refractivity contribution >= 4 is 0 Å². The molecule has 0 amide bonds. The molecule has 0 spiro atoms. The molecule has 0 aliphatic heterocycles. The summed E-state index contributed by atoms with van der Waals surface area (Å²) in [5.41, 5.74) is 5.38. The van der Waals surface area contributed by atoms with Gasteiger partial charge in [-0.05, 0) is 30.0 Å². The predicted octanol–water partition coefficient (Wildman–Crippen LogP) is 4.61. The number of hydrogen-bond donors (Lipinski definition) is 0. The van der Waals surface area contributed by atoms with Crippen LogP contribution in [0.4, 0.5) is 0 Å². The van der Waals surface area contributed by atoms with Crippen molar-refractivity contribution in [1.82, 2.24) is 0 Å². The number of aryl methyl sites for hydroxylation is 2. The summed E-state index contributed by atoms with van der Waals surface area (Å²) in [4.78, 5) is 0. The van der Waals surface area contributed by atoms with E-state index in [-0.39, 0.29) is 0 Å². The quantitative estimate of drug-likeness (QED) is 0.693. The minimum atomic E-state index is 1.17. The molecule has 0 aromatic heterocycles. The Bertz CT molecular complexity index is 452. The average Bonchev–Trinajstić information content (AvgIpc) is 2.31. The SMILES string of the molecule is CCCc1cccc(-c2ccc(C)cc2)c1. The molecule has 0 aliphatic rings. The molecule has 0 saturated heterocycles. The van der Waals surface area contributed by atoms with Crippen molar-refractivity contribution in [2.75, 3.05) is 0 Å². The van der Waals surface area contributed by atoms with Crippen molar-refractivity contribution in [3.63, 3.8) is 0 Å². The largest absolute Gasteiger partial charge is 0.0651 e. The third-order valence-electron chi connectivity index (χ3n) is 2.85. The van der Waals surface area contributed by atoms with Crippen molar-refractivity contribution in [1.29, 1.82) is 0 Å². The first-order valence-electron chi connectivity index (χ1n) is 5.95. The van der Waals surface area contributed by atoms with Crippen LogP contribution in [-0.4, -0.2) is 0 Å². The molecule has 0 nitrogen and oxygen atoms in total. The maximum absolute atomic E-state index is 2.30. The van der Waals surface area contributed by atoms with Gasteiger partial charge in [0.25, 0.3) is 0 Å². The molecule has 0 aliphatic carbocycles. The molecule has 0 radical (unpaired) electrons. The highest BCUT2D eigenvalue weighted by Gasteiger charge is 1.98. The zero-order chi connectivity index (χ0) is 11.4. The average molecular weight is 210 g/mol. The summed E-state index contributed by atoms with van der Waals surface area (Å²) >= 11 is 0. The van der Waals surface area contributed by atoms with Crippen molar-refractivity contribution in [3.05, 3.63) is 59.7 Å². The van der Waals surface area contributed by atoms with Crippen LogP contribution in [0.5, 0.6) is 0 Å². The molecule has 0 saturated carbocycles. The highest BCUT2D eigenvalue weighted by atomic mass is 14.0. The Labute approximate surface area is 97.9 Å². The smallest absolute Gasteiger partial charge is 0.0181 e. The van der Waals surface area contributed by atoms with Crippen molar-refractivity contribution in [2.45, 2.75) is 26.7 Å². The Balaban J connectivity index is 2.32. The topological polar surface area (TPSA) is 0 Å². The molecule has 0 bridgehead atoms. The summed E-state index contributed by atoms with van der Waals surface area (Å²) in [6, 6.07) is 17.6. The predicted molar refractivity (Wildman–Crippen MR) is 70.6 cm³/mol. The molecule has 82 valence electrons. The number of hydrogen-bond acceptors (Lipinski definition) is 0. The van der Waals surface area contributed by atoms with E-state index in [4.69, 9.17) is 0 Å². The van der Waals surface area contributed by atoms with Gasteiger partial charge < -0.3 is 0 Å². The summed E-state index contributed by atoms with van der Waals surface area (Å²) in [6.07, 6.45) is 2.37. The van der Waals surface area contributed by atoms with Crippen LogP contribution in [0.1, 0.15) is 24.5 Å². The fourth-order valence-electron chi connectivity index (χ4n) is 1.94. The van der Waals surface area contributed by atoms with Crippen molar-refractivity contribution in [2.24, 2.45) is 0 Å². The van der Waals surface area contributed by atoms with Crippen LogP contribution < -0.4 is 0 Å². The van der Waals surface area contributed by atoms with Gasteiger partial charge in [0, 0.05) is 0 Å². The van der Waals surface area contributed by atoms with Crippen LogP contribution in [0.15, 0.2) is 48.5 Å². The van der Waals surface area contributed by atoms with E-state index in [1.54, 1.807) is 0 Å². The second-order valence-electron chi connectivity index (χ2n) is 4.32. The molecule has 0 fully saturated rings. The van der Waals surface area contributed by atoms with Gasteiger partial charge in [0.1, 0.15) is 0 Å². The first kappa shape index (κ1) is 10.9. The molecular formula is C16H18. The Hall–Kier alpha value is -1.56. The highest BCUT2D eigenvalue weighted by Crippen LogP contribution is 2.21. The van der Waals surface area contributed by atoms with Crippen LogP contribution in [0, 0.1) is 6.92 Å². The summed E-state index contributed by atoms with van der Waals surface area (Å²) < 4.78 is 0. The molecule has 0 N–H and O–H groups in total. The molecule has 2 aromatic carbocycles. The van der Waals surface area contributed by atoms with Gasteiger partial charge in [-0.3, -0.25) is 0 Å². The lowest BCUT2D eigenvalue weighted by atomic mass is 10.0. The summed E-state index contributed by atoms with van der Waals surface area (Å²) in [7, 11) is 0. The van der Waals surface area contributed by atoms with E-state index < -0.39 is 0 Å². The van der Waals surface area contributed by atoms with Gasteiger partial charge in [0.2, 0.25) is 0 Å². The van der Waals surface area contributed by atoms with Crippen LogP contribution in [-0.2, 0) is 6.42 Å². The Kier molecular flexibility index (Phi) is 3.40. The maximum atomic E-state index is 2.30. The normalized spacial score (nSPS) is 10.4. The molecule has 16 heavy (non-hydrogen) atoms. The minimum absolute atomic E-state index is 1.17. The Morgan fingerprint density at radius 1 is 0.875 bits per heavy atom. The number of benzene rings is 2. The van der Waals surface area contributed by atoms with Gasteiger partial charge in [0.15, 0.2) is 0 Å². The molecule has 0 unspecified atom stereocenters. The lowest BCUT2D eigenvalue weighted by Gasteiger charge is -2.05. The highest BCUT2D eigenvalue weighted by molar-refractivity contribution is 5.64. The second kappa shape index (κ2) is 4.98. The van der Waals surface area contributed by atoms with Gasteiger partial charge in [-0.25, -0.2) is 0 Å². The fraction of sp³-hybridized carbons (Fsp3) is 0.250. The zero-order valence-corrected chi connectivity index (χ0v) is 10.0. The third kappa shape index (κ3) is 2.52. The lowest BCUT2D eigenvalue weighted by Crippen LogP contribution is -1.84.